The molecule has 0 amide bonds. The summed E-state index contributed by atoms with van der Waals surface area (Å²) in [7, 11) is 0. The normalized spacial score (nSPS) is 18.1. The molecule has 17 heavy (non-hydrogen) atoms. The van der Waals surface area contributed by atoms with E-state index in [1.807, 2.05) is 31.2 Å². The van der Waals surface area contributed by atoms with Crippen LogP contribution in [0.1, 0.15) is 12.6 Å². The van der Waals surface area contributed by atoms with Gasteiger partial charge in [0.25, 0.3) is 0 Å². The van der Waals surface area contributed by atoms with Crippen LogP contribution in [0.2, 0.25) is 0 Å². The van der Waals surface area contributed by atoms with Gasteiger partial charge in [-0.15, -0.1) is 0 Å². The van der Waals surface area contributed by atoms with Crippen LogP contribution in [-0.2, 0) is 0 Å². The molecule has 0 fully saturated rings. The minimum atomic E-state index is 0.184. The smallest absolute Gasteiger partial charge is 0.152 e. The SMILES string of the molecule is Cc1cc(-c2cccc3c2OC(C)CN3)n[nH]1. The first kappa shape index (κ1) is 10.2. The fraction of sp³-hybridized carbons (Fsp3) is 0.308. The molecule has 4 heteroatoms. The summed E-state index contributed by atoms with van der Waals surface area (Å²) in [5.41, 5.74) is 4.05. The number of hydrogen-bond donors (Lipinski definition) is 2. The zero-order valence-corrected chi connectivity index (χ0v) is 9.95. The average molecular weight is 229 g/mol. The van der Waals surface area contributed by atoms with E-state index in [2.05, 4.69) is 22.4 Å². The highest BCUT2D eigenvalue weighted by molar-refractivity contribution is 5.77. The maximum absolute atomic E-state index is 5.91. The van der Waals surface area contributed by atoms with Crippen LogP contribution in [0.4, 0.5) is 5.69 Å². The van der Waals surface area contributed by atoms with Crippen LogP contribution in [0.5, 0.6) is 5.75 Å². The van der Waals surface area contributed by atoms with E-state index in [4.69, 9.17) is 4.74 Å². The van der Waals surface area contributed by atoms with Crippen molar-refractivity contribution in [3.8, 4) is 17.0 Å². The highest BCUT2D eigenvalue weighted by Gasteiger charge is 2.20. The first-order chi connectivity index (χ1) is 8.24. The van der Waals surface area contributed by atoms with Crippen molar-refractivity contribution >= 4 is 5.69 Å². The van der Waals surface area contributed by atoms with Crippen molar-refractivity contribution in [2.75, 3.05) is 11.9 Å². The van der Waals surface area contributed by atoms with Gasteiger partial charge in [-0.3, -0.25) is 5.10 Å². The van der Waals surface area contributed by atoms with E-state index in [0.29, 0.717) is 0 Å². The standard InChI is InChI=1S/C13H15N3O/c1-8-6-12(16-15-8)10-4-3-5-11-13(10)17-9(2)7-14-11/h3-6,9,14H,7H2,1-2H3,(H,15,16). The molecule has 88 valence electrons. The number of aromatic amines is 1. The lowest BCUT2D eigenvalue weighted by Gasteiger charge is -2.26. The maximum Gasteiger partial charge on any atom is 0.152 e. The van der Waals surface area contributed by atoms with E-state index in [9.17, 15) is 0 Å². The van der Waals surface area contributed by atoms with Crippen molar-refractivity contribution in [2.24, 2.45) is 0 Å². The maximum atomic E-state index is 5.91. The molecule has 1 aliphatic heterocycles. The van der Waals surface area contributed by atoms with Gasteiger partial charge in [0.15, 0.2) is 5.75 Å². The van der Waals surface area contributed by atoms with Gasteiger partial charge >= 0.3 is 0 Å². The number of ether oxygens (including phenoxy) is 1. The summed E-state index contributed by atoms with van der Waals surface area (Å²) in [6.07, 6.45) is 0.184. The Bertz CT molecular complexity index is 547. The van der Waals surface area contributed by atoms with Crippen molar-refractivity contribution in [3.63, 3.8) is 0 Å². The number of aromatic nitrogens is 2. The van der Waals surface area contributed by atoms with E-state index in [0.717, 1.165) is 34.9 Å². The molecule has 1 aromatic carbocycles. The lowest BCUT2D eigenvalue weighted by atomic mass is 10.1. The third kappa shape index (κ3) is 1.75. The van der Waals surface area contributed by atoms with Crippen molar-refractivity contribution in [3.05, 3.63) is 30.0 Å². The number of anilines is 1. The van der Waals surface area contributed by atoms with Crippen molar-refractivity contribution in [1.82, 2.24) is 10.2 Å². The number of fused-ring (bicyclic) bond motifs is 1. The third-order valence-corrected chi connectivity index (χ3v) is 2.90. The van der Waals surface area contributed by atoms with Gasteiger partial charge in [0.1, 0.15) is 6.10 Å². The van der Waals surface area contributed by atoms with Gasteiger partial charge in [-0.2, -0.15) is 5.10 Å². The fourth-order valence-electron chi connectivity index (χ4n) is 2.06. The van der Waals surface area contributed by atoms with E-state index >= 15 is 0 Å². The molecule has 1 unspecified atom stereocenters. The zero-order valence-electron chi connectivity index (χ0n) is 9.95. The first-order valence-electron chi connectivity index (χ1n) is 5.80. The van der Waals surface area contributed by atoms with Crippen LogP contribution in [-0.4, -0.2) is 22.8 Å². The van der Waals surface area contributed by atoms with Crippen LogP contribution in [0.3, 0.4) is 0 Å². The second kappa shape index (κ2) is 3.80. The second-order valence-electron chi connectivity index (χ2n) is 4.43. The van der Waals surface area contributed by atoms with E-state index in [1.165, 1.54) is 0 Å². The predicted molar refractivity (Wildman–Crippen MR) is 67.3 cm³/mol. The molecule has 2 aromatic rings. The summed E-state index contributed by atoms with van der Waals surface area (Å²) in [4.78, 5) is 0. The summed E-state index contributed by atoms with van der Waals surface area (Å²) in [5, 5.41) is 10.6. The summed E-state index contributed by atoms with van der Waals surface area (Å²) in [6.45, 7) is 4.90. The molecule has 2 N–H and O–H groups in total. The molecule has 0 saturated heterocycles. The Balaban J connectivity index is 2.11. The number of benzene rings is 1. The van der Waals surface area contributed by atoms with Crippen LogP contribution in [0.15, 0.2) is 24.3 Å². The number of para-hydroxylation sites is 1. The van der Waals surface area contributed by atoms with E-state index < -0.39 is 0 Å². The summed E-state index contributed by atoms with van der Waals surface area (Å²) >= 11 is 0. The number of aryl methyl sites for hydroxylation is 1. The van der Waals surface area contributed by atoms with Gasteiger partial charge in [0.2, 0.25) is 0 Å². The van der Waals surface area contributed by atoms with Crippen LogP contribution in [0.25, 0.3) is 11.3 Å². The average Bonchev–Trinajstić information content (AvgIpc) is 2.75. The van der Waals surface area contributed by atoms with Gasteiger partial charge in [-0.05, 0) is 32.0 Å². The Labute approximate surface area is 100 Å². The molecular weight excluding hydrogens is 214 g/mol. The van der Waals surface area contributed by atoms with Crippen LogP contribution >= 0.6 is 0 Å². The number of nitrogens with one attached hydrogen (secondary N) is 2. The van der Waals surface area contributed by atoms with Crippen LogP contribution < -0.4 is 10.1 Å². The molecule has 0 radical (unpaired) electrons. The molecule has 1 atom stereocenters. The number of nitrogens with zero attached hydrogens (tertiary/aromatic N) is 1. The molecule has 0 saturated carbocycles. The number of hydrogen-bond acceptors (Lipinski definition) is 3. The van der Waals surface area contributed by atoms with Gasteiger partial charge in [-0.25, -0.2) is 0 Å². The Morgan fingerprint density at radius 3 is 3.06 bits per heavy atom. The Kier molecular flexibility index (Phi) is 2.28. The Hall–Kier alpha value is -1.97. The number of H-pyrrole nitrogens is 1. The molecule has 0 aliphatic carbocycles. The molecule has 2 heterocycles. The van der Waals surface area contributed by atoms with Crippen molar-refractivity contribution < 1.29 is 4.74 Å². The number of rotatable bonds is 1. The Morgan fingerprint density at radius 1 is 1.41 bits per heavy atom. The summed E-state index contributed by atoms with van der Waals surface area (Å²) < 4.78 is 5.91. The van der Waals surface area contributed by atoms with Gasteiger partial charge in [0.05, 0.1) is 17.9 Å². The van der Waals surface area contributed by atoms with E-state index in [1.54, 1.807) is 0 Å². The molecule has 1 aromatic heterocycles. The van der Waals surface area contributed by atoms with E-state index in [-0.39, 0.29) is 6.10 Å². The lowest BCUT2D eigenvalue weighted by Crippen LogP contribution is -2.27. The molecule has 0 spiro atoms. The molecule has 4 nitrogen and oxygen atoms in total. The topological polar surface area (TPSA) is 49.9 Å². The highest BCUT2D eigenvalue weighted by atomic mass is 16.5. The van der Waals surface area contributed by atoms with Gasteiger partial charge in [0, 0.05) is 11.3 Å². The van der Waals surface area contributed by atoms with Gasteiger partial charge < -0.3 is 10.1 Å². The third-order valence-electron chi connectivity index (χ3n) is 2.90. The fourth-order valence-corrected chi connectivity index (χ4v) is 2.06. The molecular formula is C13H15N3O. The molecule has 1 aliphatic rings. The monoisotopic (exact) mass is 229 g/mol. The Morgan fingerprint density at radius 2 is 2.29 bits per heavy atom. The summed E-state index contributed by atoms with van der Waals surface area (Å²) in [6, 6.07) is 8.11. The molecule has 3 rings (SSSR count). The highest BCUT2D eigenvalue weighted by Crippen LogP contribution is 2.38. The lowest BCUT2D eigenvalue weighted by molar-refractivity contribution is 0.227. The second-order valence-corrected chi connectivity index (χ2v) is 4.43. The van der Waals surface area contributed by atoms with Crippen molar-refractivity contribution in [1.29, 1.82) is 0 Å². The minimum absolute atomic E-state index is 0.184. The minimum Gasteiger partial charge on any atom is -0.486 e. The molecule has 0 bridgehead atoms. The largest absolute Gasteiger partial charge is 0.486 e. The quantitative estimate of drug-likeness (QED) is 0.790. The van der Waals surface area contributed by atoms with Crippen LogP contribution in [0, 0.1) is 6.92 Å². The van der Waals surface area contributed by atoms with Gasteiger partial charge in [-0.1, -0.05) is 6.07 Å². The van der Waals surface area contributed by atoms with Crippen molar-refractivity contribution in [2.45, 2.75) is 20.0 Å². The predicted octanol–water partition coefficient (Wildman–Crippen LogP) is 2.58. The zero-order chi connectivity index (χ0) is 11.8. The summed E-state index contributed by atoms with van der Waals surface area (Å²) in [5.74, 6) is 0.901. The first-order valence-corrected chi connectivity index (χ1v) is 5.80.